The largest absolute Gasteiger partial charge is 0.392 e. The van der Waals surface area contributed by atoms with E-state index in [1.165, 1.54) is 0 Å². The molecule has 72 valence electrons. The molecule has 4 nitrogen and oxygen atoms in total. The summed E-state index contributed by atoms with van der Waals surface area (Å²) in [5.41, 5.74) is 7.32. The van der Waals surface area contributed by atoms with Crippen LogP contribution in [0.15, 0.2) is 18.3 Å². The molecule has 1 heterocycles. The number of aliphatic hydroxyl groups is 1. The van der Waals surface area contributed by atoms with E-state index in [1.54, 1.807) is 25.4 Å². The SMILES string of the molecule is COC[C@@H](N)c1cc(CO)ccn1. The third kappa shape index (κ3) is 2.77. The van der Waals surface area contributed by atoms with Gasteiger partial charge in [-0.1, -0.05) is 0 Å². The fraction of sp³-hybridized carbons (Fsp3) is 0.444. The number of nitrogens with two attached hydrogens (primary N) is 1. The van der Waals surface area contributed by atoms with Gasteiger partial charge < -0.3 is 15.6 Å². The number of pyridine rings is 1. The molecule has 0 saturated heterocycles. The van der Waals surface area contributed by atoms with Crippen molar-refractivity contribution >= 4 is 0 Å². The van der Waals surface area contributed by atoms with Gasteiger partial charge in [0, 0.05) is 13.3 Å². The van der Waals surface area contributed by atoms with E-state index in [0.29, 0.717) is 6.61 Å². The topological polar surface area (TPSA) is 68.4 Å². The second kappa shape index (κ2) is 4.91. The first-order valence-corrected chi connectivity index (χ1v) is 4.08. The second-order valence-corrected chi connectivity index (χ2v) is 2.81. The van der Waals surface area contributed by atoms with Crippen LogP contribution in [0, 0.1) is 0 Å². The van der Waals surface area contributed by atoms with E-state index in [-0.39, 0.29) is 12.6 Å². The molecule has 0 aromatic carbocycles. The molecular formula is C9H14N2O2. The Morgan fingerprint density at radius 1 is 1.69 bits per heavy atom. The van der Waals surface area contributed by atoms with Crippen LogP contribution in [0.3, 0.4) is 0 Å². The number of hydrogen-bond acceptors (Lipinski definition) is 4. The maximum Gasteiger partial charge on any atom is 0.0707 e. The van der Waals surface area contributed by atoms with E-state index in [0.717, 1.165) is 11.3 Å². The van der Waals surface area contributed by atoms with Gasteiger partial charge >= 0.3 is 0 Å². The molecule has 1 aromatic rings. The highest BCUT2D eigenvalue weighted by molar-refractivity contribution is 5.17. The molecule has 1 atom stereocenters. The number of hydrogen-bond donors (Lipinski definition) is 2. The molecule has 3 N–H and O–H groups in total. The average Bonchev–Trinajstić information content (AvgIpc) is 2.18. The standard InChI is InChI=1S/C9H14N2O2/c1-13-6-8(10)9-4-7(5-12)2-3-11-9/h2-4,8,12H,5-6,10H2,1H3/t8-/m1/s1. The third-order valence-electron chi connectivity index (χ3n) is 1.75. The Hall–Kier alpha value is -0.970. The monoisotopic (exact) mass is 182 g/mol. The van der Waals surface area contributed by atoms with E-state index < -0.39 is 0 Å². The number of methoxy groups -OCH3 is 1. The Bertz CT molecular complexity index is 266. The molecule has 0 radical (unpaired) electrons. The summed E-state index contributed by atoms with van der Waals surface area (Å²) in [5, 5.41) is 8.87. The molecule has 0 aliphatic heterocycles. The molecule has 0 spiro atoms. The first kappa shape index (κ1) is 10.1. The Kier molecular flexibility index (Phi) is 3.82. The molecule has 0 aliphatic rings. The van der Waals surface area contributed by atoms with Crippen molar-refractivity contribution in [3.63, 3.8) is 0 Å². The molecule has 0 bridgehead atoms. The van der Waals surface area contributed by atoms with Crippen LogP contribution in [-0.2, 0) is 11.3 Å². The smallest absolute Gasteiger partial charge is 0.0707 e. The van der Waals surface area contributed by atoms with E-state index in [9.17, 15) is 0 Å². The van der Waals surface area contributed by atoms with Gasteiger partial charge in [-0.2, -0.15) is 0 Å². The Labute approximate surface area is 77.4 Å². The average molecular weight is 182 g/mol. The highest BCUT2D eigenvalue weighted by Crippen LogP contribution is 2.09. The maximum absolute atomic E-state index is 8.87. The van der Waals surface area contributed by atoms with Gasteiger partial charge in [0.15, 0.2) is 0 Å². The summed E-state index contributed by atoms with van der Waals surface area (Å²) in [6, 6.07) is 3.31. The van der Waals surface area contributed by atoms with E-state index in [2.05, 4.69) is 4.98 Å². The second-order valence-electron chi connectivity index (χ2n) is 2.81. The summed E-state index contributed by atoms with van der Waals surface area (Å²) in [4.78, 5) is 4.09. The van der Waals surface area contributed by atoms with Crippen molar-refractivity contribution in [2.24, 2.45) is 5.73 Å². The summed E-state index contributed by atoms with van der Waals surface area (Å²) in [6.07, 6.45) is 1.64. The van der Waals surface area contributed by atoms with E-state index in [4.69, 9.17) is 15.6 Å². The predicted octanol–water partition coefficient (Wildman–Crippen LogP) is 0.220. The van der Waals surface area contributed by atoms with Crippen LogP contribution in [0.5, 0.6) is 0 Å². The van der Waals surface area contributed by atoms with E-state index >= 15 is 0 Å². The van der Waals surface area contributed by atoms with Gasteiger partial charge in [0.25, 0.3) is 0 Å². The van der Waals surface area contributed by atoms with Crippen molar-refractivity contribution in [2.75, 3.05) is 13.7 Å². The predicted molar refractivity (Wildman–Crippen MR) is 49.0 cm³/mol. The Balaban J connectivity index is 2.75. The lowest BCUT2D eigenvalue weighted by Crippen LogP contribution is -2.17. The summed E-state index contributed by atoms with van der Waals surface area (Å²) >= 11 is 0. The Morgan fingerprint density at radius 3 is 3.08 bits per heavy atom. The van der Waals surface area contributed by atoms with E-state index in [1.807, 2.05) is 0 Å². The van der Waals surface area contributed by atoms with Crippen LogP contribution in [-0.4, -0.2) is 23.8 Å². The van der Waals surface area contributed by atoms with Crippen LogP contribution in [0.4, 0.5) is 0 Å². The normalized spacial score (nSPS) is 12.8. The zero-order valence-corrected chi connectivity index (χ0v) is 7.60. The summed E-state index contributed by atoms with van der Waals surface area (Å²) in [6.45, 7) is 0.442. The van der Waals surface area contributed by atoms with Crippen LogP contribution in [0.1, 0.15) is 17.3 Å². The van der Waals surface area contributed by atoms with Crippen molar-refractivity contribution in [3.05, 3.63) is 29.6 Å². The van der Waals surface area contributed by atoms with Gasteiger partial charge in [-0.15, -0.1) is 0 Å². The number of rotatable bonds is 4. The minimum absolute atomic E-state index is 0.00915. The molecule has 1 aromatic heterocycles. The van der Waals surface area contributed by atoms with Crippen molar-refractivity contribution in [3.8, 4) is 0 Å². The zero-order valence-electron chi connectivity index (χ0n) is 7.60. The molecule has 1 rings (SSSR count). The fourth-order valence-electron chi connectivity index (χ4n) is 1.06. The summed E-state index contributed by atoms with van der Waals surface area (Å²) in [5.74, 6) is 0. The van der Waals surface area contributed by atoms with Gasteiger partial charge in [-0.3, -0.25) is 4.98 Å². The first-order valence-electron chi connectivity index (χ1n) is 4.08. The minimum Gasteiger partial charge on any atom is -0.392 e. The van der Waals surface area contributed by atoms with Crippen LogP contribution in [0.2, 0.25) is 0 Å². The van der Waals surface area contributed by atoms with Crippen molar-refractivity contribution in [1.82, 2.24) is 4.98 Å². The lowest BCUT2D eigenvalue weighted by Gasteiger charge is -2.10. The van der Waals surface area contributed by atoms with Gasteiger partial charge in [-0.25, -0.2) is 0 Å². The molecule has 0 unspecified atom stereocenters. The molecule has 0 fully saturated rings. The van der Waals surface area contributed by atoms with Crippen molar-refractivity contribution in [1.29, 1.82) is 0 Å². The van der Waals surface area contributed by atoms with Crippen LogP contribution >= 0.6 is 0 Å². The first-order chi connectivity index (χ1) is 6.27. The molecular weight excluding hydrogens is 168 g/mol. The summed E-state index contributed by atoms with van der Waals surface area (Å²) < 4.78 is 4.90. The lowest BCUT2D eigenvalue weighted by atomic mass is 10.1. The fourth-order valence-corrected chi connectivity index (χ4v) is 1.06. The van der Waals surface area contributed by atoms with Crippen LogP contribution in [0.25, 0.3) is 0 Å². The van der Waals surface area contributed by atoms with Gasteiger partial charge in [0.2, 0.25) is 0 Å². The third-order valence-corrected chi connectivity index (χ3v) is 1.75. The van der Waals surface area contributed by atoms with Gasteiger partial charge in [0.05, 0.1) is 24.9 Å². The molecule has 0 aliphatic carbocycles. The zero-order chi connectivity index (χ0) is 9.68. The highest BCUT2D eigenvalue weighted by Gasteiger charge is 2.06. The lowest BCUT2D eigenvalue weighted by molar-refractivity contribution is 0.179. The summed E-state index contributed by atoms with van der Waals surface area (Å²) in [7, 11) is 1.59. The highest BCUT2D eigenvalue weighted by atomic mass is 16.5. The maximum atomic E-state index is 8.87. The van der Waals surface area contributed by atoms with Crippen molar-refractivity contribution in [2.45, 2.75) is 12.6 Å². The quantitative estimate of drug-likeness (QED) is 0.699. The number of nitrogens with zero attached hydrogens (tertiary/aromatic N) is 1. The number of ether oxygens (including phenoxy) is 1. The molecule has 0 saturated carbocycles. The van der Waals surface area contributed by atoms with Gasteiger partial charge in [-0.05, 0) is 17.7 Å². The van der Waals surface area contributed by atoms with Crippen molar-refractivity contribution < 1.29 is 9.84 Å². The van der Waals surface area contributed by atoms with Crippen LogP contribution < -0.4 is 5.73 Å². The molecule has 0 amide bonds. The minimum atomic E-state index is -0.225. The molecule has 4 heteroatoms. The number of aliphatic hydroxyl groups excluding tert-OH is 1. The Morgan fingerprint density at radius 2 is 2.46 bits per heavy atom. The van der Waals surface area contributed by atoms with Gasteiger partial charge in [0.1, 0.15) is 0 Å². The number of aromatic nitrogens is 1. The molecule has 13 heavy (non-hydrogen) atoms.